The van der Waals surface area contributed by atoms with Gasteiger partial charge in [-0.15, -0.1) is 0 Å². The van der Waals surface area contributed by atoms with Crippen LogP contribution < -0.4 is 5.32 Å². The smallest absolute Gasteiger partial charge is 0.292 e. The van der Waals surface area contributed by atoms with Crippen molar-refractivity contribution in [3.63, 3.8) is 0 Å². The third-order valence-corrected chi connectivity index (χ3v) is 5.00. The molecule has 2 fully saturated rings. The number of rotatable bonds is 4. The van der Waals surface area contributed by atoms with Crippen molar-refractivity contribution in [3.8, 4) is 0 Å². The summed E-state index contributed by atoms with van der Waals surface area (Å²) in [5.41, 5.74) is 1.54. The highest BCUT2D eigenvalue weighted by Crippen LogP contribution is 2.31. The summed E-state index contributed by atoms with van der Waals surface area (Å²) in [6, 6.07) is 5.17. The second-order valence-corrected chi connectivity index (χ2v) is 6.62. The Balaban J connectivity index is 1.66. The average Bonchev–Trinajstić information content (AvgIpc) is 3.19. The summed E-state index contributed by atoms with van der Waals surface area (Å²) >= 11 is 0. The van der Waals surface area contributed by atoms with Crippen molar-refractivity contribution in [1.82, 2.24) is 4.90 Å². The fraction of sp³-hybridized carbons (Fsp3) is 0.588. The molecule has 0 aromatic heterocycles. The zero-order valence-electron chi connectivity index (χ0n) is 13.5. The highest BCUT2D eigenvalue weighted by molar-refractivity contribution is 5.79. The van der Waals surface area contributed by atoms with Gasteiger partial charge in [-0.1, -0.05) is 25.0 Å². The molecule has 3 rings (SSSR count). The molecule has 1 heterocycles. The van der Waals surface area contributed by atoms with Crippen molar-refractivity contribution in [3.05, 3.63) is 33.9 Å². The summed E-state index contributed by atoms with van der Waals surface area (Å²) in [6.07, 6.45) is 5.17. The van der Waals surface area contributed by atoms with E-state index in [4.69, 9.17) is 0 Å². The van der Waals surface area contributed by atoms with E-state index in [1.54, 1.807) is 6.07 Å². The summed E-state index contributed by atoms with van der Waals surface area (Å²) in [7, 11) is 0. The molecule has 1 unspecified atom stereocenters. The Morgan fingerprint density at radius 2 is 2.04 bits per heavy atom. The Hall–Kier alpha value is -2.11. The predicted octanol–water partition coefficient (Wildman–Crippen LogP) is 3.11. The van der Waals surface area contributed by atoms with E-state index in [1.165, 1.54) is 6.07 Å². The van der Waals surface area contributed by atoms with Gasteiger partial charge in [0.05, 0.1) is 4.92 Å². The minimum atomic E-state index is -0.355. The standard InChI is InChI=1S/C17H23N3O3/c1-12-5-4-8-15(20(22)23)16(12)18-14-9-10-19(11-14)17(21)13-6-2-3-7-13/h4-5,8,13-14,18H,2-3,6-7,9-11H2,1H3. The molecule has 1 saturated heterocycles. The number of para-hydroxylation sites is 1. The molecule has 2 aliphatic rings. The van der Waals surface area contributed by atoms with Gasteiger partial charge in [0.15, 0.2) is 0 Å². The van der Waals surface area contributed by atoms with Gasteiger partial charge in [0.1, 0.15) is 5.69 Å². The highest BCUT2D eigenvalue weighted by atomic mass is 16.6. The van der Waals surface area contributed by atoms with E-state index >= 15 is 0 Å². The van der Waals surface area contributed by atoms with Crippen LogP contribution in [0.15, 0.2) is 18.2 Å². The maximum absolute atomic E-state index is 12.5. The average molecular weight is 317 g/mol. The normalized spacial score (nSPS) is 21.6. The van der Waals surface area contributed by atoms with Crippen LogP contribution in [0.4, 0.5) is 11.4 Å². The van der Waals surface area contributed by atoms with E-state index in [-0.39, 0.29) is 28.5 Å². The number of nitrogens with one attached hydrogen (secondary N) is 1. The van der Waals surface area contributed by atoms with Crippen LogP contribution in [0.5, 0.6) is 0 Å². The molecule has 1 aromatic carbocycles. The number of nitro groups is 1. The Bertz CT molecular complexity index is 611. The first kappa shape index (κ1) is 15.8. The Kier molecular flexibility index (Phi) is 4.50. The first-order chi connectivity index (χ1) is 11.1. The van der Waals surface area contributed by atoms with E-state index < -0.39 is 0 Å². The Morgan fingerprint density at radius 3 is 2.74 bits per heavy atom. The molecule has 1 aromatic rings. The molecule has 23 heavy (non-hydrogen) atoms. The van der Waals surface area contributed by atoms with Crippen molar-refractivity contribution in [2.45, 2.75) is 45.1 Å². The van der Waals surface area contributed by atoms with Crippen LogP contribution in [0.25, 0.3) is 0 Å². The second-order valence-electron chi connectivity index (χ2n) is 6.62. The lowest BCUT2D eigenvalue weighted by atomic mass is 10.1. The number of anilines is 1. The summed E-state index contributed by atoms with van der Waals surface area (Å²) in [5, 5.41) is 14.5. The minimum absolute atomic E-state index is 0.0835. The number of nitro benzene ring substituents is 1. The number of benzene rings is 1. The predicted molar refractivity (Wildman–Crippen MR) is 88.4 cm³/mol. The summed E-state index contributed by atoms with van der Waals surface area (Å²) in [4.78, 5) is 25.2. The number of carbonyl (C=O) groups is 1. The largest absolute Gasteiger partial charge is 0.375 e. The van der Waals surface area contributed by atoms with E-state index in [0.717, 1.165) is 44.2 Å². The first-order valence-electron chi connectivity index (χ1n) is 8.35. The number of aryl methyl sites for hydroxylation is 1. The van der Waals surface area contributed by atoms with Crippen LogP contribution in [0.3, 0.4) is 0 Å². The molecule has 6 heteroatoms. The van der Waals surface area contributed by atoms with E-state index in [2.05, 4.69) is 5.32 Å². The molecule has 1 amide bonds. The lowest BCUT2D eigenvalue weighted by molar-refractivity contribution is -0.384. The number of hydrogen-bond donors (Lipinski definition) is 1. The maximum Gasteiger partial charge on any atom is 0.292 e. The molecular formula is C17H23N3O3. The van der Waals surface area contributed by atoms with Crippen LogP contribution in [0, 0.1) is 23.0 Å². The molecule has 1 atom stereocenters. The minimum Gasteiger partial charge on any atom is -0.375 e. The van der Waals surface area contributed by atoms with Crippen molar-refractivity contribution >= 4 is 17.3 Å². The van der Waals surface area contributed by atoms with Crippen molar-refractivity contribution < 1.29 is 9.72 Å². The summed E-state index contributed by atoms with van der Waals surface area (Å²) in [5.74, 6) is 0.465. The van der Waals surface area contributed by atoms with Crippen LogP contribution >= 0.6 is 0 Å². The van der Waals surface area contributed by atoms with Crippen molar-refractivity contribution in [2.75, 3.05) is 18.4 Å². The third kappa shape index (κ3) is 3.30. The van der Waals surface area contributed by atoms with E-state index in [0.29, 0.717) is 12.2 Å². The molecule has 1 aliphatic carbocycles. The third-order valence-electron chi connectivity index (χ3n) is 5.00. The molecular weight excluding hydrogens is 294 g/mol. The topological polar surface area (TPSA) is 75.5 Å². The van der Waals surface area contributed by atoms with Gasteiger partial charge in [-0.3, -0.25) is 14.9 Å². The van der Waals surface area contributed by atoms with Gasteiger partial charge < -0.3 is 10.2 Å². The number of nitrogens with zero attached hydrogens (tertiary/aromatic N) is 2. The number of amides is 1. The summed E-state index contributed by atoms with van der Waals surface area (Å²) < 4.78 is 0. The molecule has 1 saturated carbocycles. The number of likely N-dealkylation sites (tertiary alicyclic amines) is 1. The summed E-state index contributed by atoms with van der Waals surface area (Å²) in [6.45, 7) is 3.25. The maximum atomic E-state index is 12.5. The first-order valence-corrected chi connectivity index (χ1v) is 8.35. The van der Waals surface area contributed by atoms with Crippen LogP contribution in [0.2, 0.25) is 0 Å². The van der Waals surface area contributed by atoms with Gasteiger partial charge in [-0.25, -0.2) is 0 Å². The zero-order valence-corrected chi connectivity index (χ0v) is 13.5. The number of carbonyl (C=O) groups excluding carboxylic acids is 1. The van der Waals surface area contributed by atoms with Gasteiger partial charge in [0.25, 0.3) is 5.69 Å². The van der Waals surface area contributed by atoms with Crippen molar-refractivity contribution in [1.29, 1.82) is 0 Å². The lowest BCUT2D eigenvalue weighted by Crippen LogP contribution is -2.35. The molecule has 0 radical (unpaired) electrons. The molecule has 1 aliphatic heterocycles. The van der Waals surface area contributed by atoms with Gasteiger partial charge in [0.2, 0.25) is 5.91 Å². The Labute approximate surface area is 136 Å². The van der Waals surface area contributed by atoms with E-state index in [1.807, 2.05) is 17.9 Å². The van der Waals surface area contributed by atoms with Gasteiger partial charge >= 0.3 is 0 Å². The fourth-order valence-electron chi connectivity index (χ4n) is 3.71. The molecule has 0 spiro atoms. The SMILES string of the molecule is Cc1cccc([N+](=O)[O-])c1NC1CCN(C(=O)C2CCCC2)C1. The quantitative estimate of drug-likeness (QED) is 0.684. The van der Waals surface area contributed by atoms with Crippen LogP contribution in [0.1, 0.15) is 37.7 Å². The fourth-order valence-corrected chi connectivity index (χ4v) is 3.71. The van der Waals surface area contributed by atoms with Crippen LogP contribution in [-0.2, 0) is 4.79 Å². The number of hydrogen-bond acceptors (Lipinski definition) is 4. The van der Waals surface area contributed by atoms with Gasteiger partial charge in [-0.05, 0) is 31.7 Å². The van der Waals surface area contributed by atoms with E-state index in [9.17, 15) is 14.9 Å². The van der Waals surface area contributed by atoms with Crippen molar-refractivity contribution in [2.24, 2.45) is 5.92 Å². The second kappa shape index (κ2) is 6.56. The monoisotopic (exact) mass is 317 g/mol. The van der Waals surface area contributed by atoms with Gasteiger partial charge in [0, 0.05) is 31.1 Å². The van der Waals surface area contributed by atoms with Gasteiger partial charge in [-0.2, -0.15) is 0 Å². The van der Waals surface area contributed by atoms with Crippen LogP contribution in [-0.4, -0.2) is 34.9 Å². The zero-order chi connectivity index (χ0) is 16.4. The molecule has 124 valence electrons. The molecule has 6 nitrogen and oxygen atoms in total. The molecule has 1 N–H and O–H groups in total. The lowest BCUT2D eigenvalue weighted by Gasteiger charge is -2.21. The molecule has 0 bridgehead atoms. The Morgan fingerprint density at radius 1 is 1.30 bits per heavy atom. The highest BCUT2D eigenvalue weighted by Gasteiger charge is 2.33.